The molecule has 6 nitrogen and oxygen atoms in total. The van der Waals surface area contributed by atoms with Crippen molar-refractivity contribution in [3.8, 4) is 0 Å². The van der Waals surface area contributed by atoms with Crippen LogP contribution in [-0.2, 0) is 16.1 Å². The summed E-state index contributed by atoms with van der Waals surface area (Å²) in [5.74, 6) is 2.64. The lowest BCUT2D eigenvalue weighted by Crippen LogP contribution is -2.40. The second kappa shape index (κ2) is 8.56. The molecule has 1 aliphatic heterocycles. The van der Waals surface area contributed by atoms with Crippen molar-refractivity contribution in [1.29, 1.82) is 0 Å². The Morgan fingerprint density at radius 1 is 1.48 bits per heavy atom. The highest BCUT2D eigenvalue weighted by Crippen LogP contribution is 2.24. The van der Waals surface area contributed by atoms with Gasteiger partial charge in [-0.05, 0) is 25.8 Å². The molecule has 1 aromatic rings. The molecule has 0 saturated carbocycles. The minimum Gasteiger partial charge on any atom is -0.469 e. The lowest BCUT2D eigenvalue weighted by molar-refractivity contribution is -0.145. The van der Waals surface area contributed by atoms with Crippen molar-refractivity contribution in [3.05, 3.63) is 23.2 Å². The summed E-state index contributed by atoms with van der Waals surface area (Å²) in [6.07, 6.45) is 0. The summed E-state index contributed by atoms with van der Waals surface area (Å²) in [6.45, 7) is 8.05. The van der Waals surface area contributed by atoms with E-state index in [1.54, 1.807) is 7.05 Å². The van der Waals surface area contributed by atoms with Gasteiger partial charge in [-0.2, -0.15) is 0 Å². The number of aryl methyl sites for hydroxylation is 2. The molecule has 1 fully saturated rings. The van der Waals surface area contributed by atoms with Crippen molar-refractivity contribution in [3.63, 3.8) is 0 Å². The number of furan rings is 1. The van der Waals surface area contributed by atoms with Gasteiger partial charge in [0.1, 0.15) is 11.5 Å². The Morgan fingerprint density at radius 2 is 2.17 bits per heavy atom. The quantitative estimate of drug-likeness (QED) is 0.342. The fourth-order valence-corrected chi connectivity index (χ4v) is 2.96. The van der Waals surface area contributed by atoms with Crippen LogP contribution in [0.1, 0.15) is 24.0 Å². The molecule has 7 heteroatoms. The smallest absolute Gasteiger partial charge is 0.310 e. The Kier molecular flexibility index (Phi) is 7.37. The average Bonchev–Trinajstić information content (AvgIpc) is 3.01. The van der Waals surface area contributed by atoms with Crippen LogP contribution in [0.5, 0.6) is 0 Å². The van der Waals surface area contributed by atoms with E-state index in [1.165, 1.54) is 7.11 Å². The molecule has 130 valence electrons. The monoisotopic (exact) mass is 435 g/mol. The molecule has 2 unspecified atom stereocenters. The van der Waals surface area contributed by atoms with Gasteiger partial charge >= 0.3 is 5.97 Å². The van der Waals surface area contributed by atoms with Gasteiger partial charge < -0.3 is 19.4 Å². The first kappa shape index (κ1) is 19.8. The van der Waals surface area contributed by atoms with Crippen LogP contribution in [0.25, 0.3) is 0 Å². The minimum absolute atomic E-state index is 0. The van der Waals surface area contributed by atoms with Crippen LogP contribution in [0.15, 0.2) is 15.5 Å². The zero-order valence-corrected chi connectivity index (χ0v) is 16.7. The summed E-state index contributed by atoms with van der Waals surface area (Å²) < 4.78 is 10.4. The maximum Gasteiger partial charge on any atom is 0.310 e. The number of nitrogens with one attached hydrogen (secondary N) is 1. The van der Waals surface area contributed by atoms with E-state index >= 15 is 0 Å². The van der Waals surface area contributed by atoms with Crippen molar-refractivity contribution >= 4 is 35.9 Å². The fraction of sp³-hybridized carbons (Fsp3) is 0.625. The van der Waals surface area contributed by atoms with E-state index in [9.17, 15) is 4.79 Å². The number of esters is 1. The molecule has 2 rings (SSSR count). The lowest BCUT2D eigenvalue weighted by Gasteiger charge is -2.21. The third kappa shape index (κ3) is 4.62. The Balaban J connectivity index is 0.00000264. The molecular weight excluding hydrogens is 409 g/mol. The van der Waals surface area contributed by atoms with Gasteiger partial charge in [-0.15, -0.1) is 24.0 Å². The maximum absolute atomic E-state index is 11.8. The molecule has 1 N–H and O–H groups in total. The Bertz CT molecular complexity index is 571. The van der Waals surface area contributed by atoms with Crippen molar-refractivity contribution in [2.75, 3.05) is 27.2 Å². The number of aliphatic imine (C=N–C) groups is 1. The summed E-state index contributed by atoms with van der Waals surface area (Å²) in [4.78, 5) is 18.2. The largest absolute Gasteiger partial charge is 0.469 e. The summed E-state index contributed by atoms with van der Waals surface area (Å²) in [5.41, 5.74) is 1.12. The molecule has 0 spiro atoms. The number of nitrogens with zero attached hydrogens (tertiary/aromatic N) is 2. The number of guanidine groups is 1. The number of hydrogen-bond donors (Lipinski definition) is 1. The molecule has 23 heavy (non-hydrogen) atoms. The van der Waals surface area contributed by atoms with Gasteiger partial charge in [0.15, 0.2) is 5.96 Å². The third-order valence-corrected chi connectivity index (χ3v) is 4.21. The topological polar surface area (TPSA) is 67.1 Å². The van der Waals surface area contributed by atoms with E-state index in [0.717, 1.165) is 29.6 Å². The molecular formula is C16H26IN3O3. The highest BCUT2D eigenvalue weighted by atomic mass is 127. The highest BCUT2D eigenvalue weighted by Gasteiger charge is 2.36. The summed E-state index contributed by atoms with van der Waals surface area (Å²) in [5, 5.41) is 3.34. The molecule has 0 aromatic carbocycles. The first-order valence-electron chi connectivity index (χ1n) is 7.55. The number of rotatable bonds is 3. The maximum atomic E-state index is 11.8. The van der Waals surface area contributed by atoms with Crippen LogP contribution < -0.4 is 5.32 Å². The second-order valence-corrected chi connectivity index (χ2v) is 5.85. The van der Waals surface area contributed by atoms with Crippen LogP contribution in [0, 0.1) is 25.7 Å². The number of ether oxygens (including phenoxy) is 1. The van der Waals surface area contributed by atoms with Crippen molar-refractivity contribution < 1.29 is 13.9 Å². The van der Waals surface area contributed by atoms with Crippen LogP contribution in [0.4, 0.5) is 0 Å². The van der Waals surface area contributed by atoms with Gasteiger partial charge in [0.2, 0.25) is 0 Å². The van der Waals surface area contributed by atoms with Gasteiger partial charge in [-0.3, -0.25) is 9.79 Å². The first-order chi connectivity index (χ1) is 10.5. The average molecular weight is 435 g/mol. The Labute approximate surface area is 154 Å². The van der Waals surface area contributed by atoms with Gasteiger partial charge in [-0.25, -0.2) is 0 Å². The van der Waals surface area contributed by atoms with E-state index < -0.39 is 0 Å². The molecule has 0 amide bonds. The molecule has 2 heterocycles. The predicted molar refractivity (Wildman–Crippen MR) is 100 cm³/mol. The molecule has 2 atom stereocenters. The molecule has 1 aromatic heterocycles. The van der Waals surface area contributed by atoms with E-state index in [1.807, 2.05) is 19.9 Å². The number of carbonyl (C=O) groups excluding carboxylic acids is 1. The number of likely N-dealkylation sites (tertiary alicyclic amines) is 1. The zero-order valence-electron chi connectivity index (χ0n) is 14.4. The summed E-state index contributed by atoms with van der Waals surface area (Å²) >= 11 is 0. The van der Waals surface area contributed by atoms with Gasteiger partial charge in [0, 0.05) is 32.2 Å². The summed E-state index contributed by atoms with van der Waals surface area (Å²) in [7, 11) is 3.20. The van der Waals surface area contributed by atoms with E-state index in [2.05, 4.69) is 22.1 Å². The first-order valence-corrected chi connectivity index (χ1v) is 7.55. The third-order valence-electron chi connectivity index (χ3n) is 4.21. The van der Waals surface area contributed by atoms with Crippen molar-refractivity contribution in [2.45, 2.75) is 27.3 Å². The second-order valence-electron chi connectivity index (χ2n) is 5.85. The predicted octanol–water partition coefficient (Wildman–Crippen LogP) is 2.33. The van der Waals surface area contributed by atoms with Crippen LogP contribution in [0.3, 0.4) is 0 Å². The minimum atomic E-state index is -0.147. The number of carbonyl (C=O) groups is 1. The van der Waals surface area contributed by atoms with Gasteiger partial charge in [0.25, 0.3) is 0 Å². The van der Waals surface area contributed by atoms with Crippen LogP contribution in [0.2, 0.25) is 0 Å². The van der Waals surface area contributed by atoms with Crippen molar-refractivity contribution in [2.24, 2.45) is 16.8 Å². The number of methoxy groups -OCH3 is 1. The van der Waals surface area contributed by atoms with Gasteiger partial charge in [-0.1, -0.05) is 6.92 Å². The fourth-order valence-electron chi connectivity index (χ4n) is 2.96. The summed E-state index contributed by atoms with van der Waals surface area (Å²) in [6, 6.07) is 2.03. The molecule has 1 saturated heterocycles. The molecule has 1 aliphatic rings. The van der Waals surface area contributed by atoms with Crippen LogP contribution >= 0.6 is 24.0 Å². The zero-order chi connectivity index (χ0) is 16.3. The lowest BCUT2D eigenvalue weighted by atomic mass is 9.99. The van der Waals surface area contributed by atoms with E-state index in [4.69, 9.17) is 9.15 Å². The van der Waals surface area contributed by atoms with Gasteiger partial charge in [0.05, 0.1) is 13.0 Å². The molecule has 0 aliphatic carbocycles. The Morgan fingerprint density at radius 3 is 2.70 bits per heavy atom. The Hall–Kier alpha value is -1.25. The van der Waals surface area contributed by atoms with Crippen molar-refractivity contribution in [1.82, 2.24) is 10.2 Å². The van der Waals surface area contributed by atoms with Crippen LogP contribution in [-0.4, -0.2) is 44.1 Å². The standard InChI is InChI=1S/C16H25N3O3.HI/c1-10-8-19(9-14(10)15(20)21-5)16(17-4)18-7-13-6-11(2)22-12(13)3;/h6,10,14H,7-9H2,1-5H3,(H,17,18);1H. The normalized spacial score (nSPS) is 21.1. The highest BCUT2D eigenvalue weighted by molar-refractivity contribution is 14.0. The number of halogens is 1. The number of hydrogen-bond acceptors (Lipinski definition) is 4. The van der Waals surface area contributed by atoms with E-state index in [-0.39, 0.29) is 41.8 Å². The molecule has 0 radical (unpaired) electrons. The molecule has 0 bridgehead atoms. The SMILES string of the molecule is CN=C(NCc1cc(C)oc1C)N1CC(C)C(C(=O)OC)C1.I. The van der Waals surface area contributed by atoms with E-state index in [0.29, 0.717) is 13.1 Å².